The molecule has 1 amide bonds. The van der Waals surface area contributed by atoms with Crippen molar-refractivity contribution in [2.24, 2.45) is 0 Å². The second kappa shape index (κ2) is 5.83. The number of fused-ring (bicyclic) bond motifs is 1. The molecule has 8 heteroatoms. The van der Waals surface area contributed by atoms with E-state index in [9.17, 15) is 4.79 Å². The molecule has 0 radical (unpaired) electrons. The van der Waals surface area contributed by atoms with Crippen molar-refractivity contribution in [2.45, 2.75) is 6.42 Å². The quantitative estimate of drug-likeness (QED) is 0.817. The molecule has 0 unspecified atom stereocenters. The highest BCUT2D eigenvalue weighted by Gasteiger charge is 2.16. The largest absolute Gasteiger partial charge is 0.378 e. The molecule has 2 aromatic rings. The fraction of sp³-hybridized carbons (Fsp3) is 0.500. The SMILES string of the molecule is O=C(CCNc1ncnc2nc[nH]c12)N1CCOCC1. The minimum absolute atomic E-state index is 0.135. The summed E-state index contributed by atoms with van der Waals surface area (Å²) in [5, 5.41) is 3.14. The fourth-order valence-corrected chi connectivity index (χ4v) is 2.16. The number of carbonyl (C=O) groups excluding carboxylic acids is 1. The van der Waals surface area contributed by atoms with Crippen LogP contribution in [0.2, 0.25) is 0 Å². The Bertz CT molecular complexity index is 592. The first-order chi connectivity index (χ1) is 9.84. The number of carbonyl (C=O) groups is 1. The van der Waals surface area contributed by atoms with E-state index in [0.29, 0.717) is 50.7 Å². The van der Waals surface area contributed by atoms with Crippen molar-refractivity contribution in [2.75, 3.05) is 38.2 Å². The summed E-state index contributed by atoms with van der Waals surface area (Å²) in [6.45, 7) is 3.13. The molecule has 1 saturated heterocycles. The molecule has 0 aromatic carbocycles. The molecular formula is C12H16N6O2. The first-order valence-electron chi connectivity index (χ1n) is 6.58. The van der Waals surface area contributed by atoms with E-state index in [4.69, 9.17) is 4.74 Å². The van der Waals surface area contributed by atoms with Gasteiger partial charge < -0.3 is 19.9 Å². The van der Waals surface area contributed by atoms with Crippen LogP contribution in [0.25, 0.3) is 11.2 Å². The Morgan fingerprint density at radius 3 is 3.05 bits per heavy atom. The van der Waals surface area contributed by atoms with Gasteiger partial charge in [-0.2, -0.15) is 0 Å². The van der Waals surface area contributed by atoms with Crippen molar-refractivity contribution in [3.05, 3.63) is 12.7 Å². The molecule has 0 saturated carbocycles. The summed E-state index contributed by atoms with van der Waals surface area (Å²) in [6.07, 6.45) is 3.46. The topological polar surface area (TPSA) is 96.0 Å². The Balaban J connectivity index is 1.54. The van der Waals surface area contributed by atoms with Crippen LogP contribution in [0.5, 0.6) is 0 Å². The number of morpholine rings is 1. The van der Waals surface area contributed by atoms with Gasteiger partial charge in [0, 0.05) is 26.1 Å². The molecule has 20 heavy (non-hydrogen) atoms. The number of imidazole rings is 1. The van der Waals surface area contributed by atoms with Crippen molar-refractivity contribution in [1.29, 1.82) is 0 Å². The molecule has 1 fully saturated rings. The number of nitrogens with one attached hydrogen (secondary N) is 2. The van der Waals surface area contributed by atoms with E-state index in [1.165, 1.54) is 6.33 Å². The van der Waals surface area contributed by atoms with E-state index in [-0.39, 0.29) is 5.91 Å². The number of nitrogens with zero attached hydrogens (tertiary/aromatic N) is 4. The normalized spacial score (nSPS) is 15.5. The van der Waals surface area contributed by atoms with Gasteiger partial charge in [-0.15, -0.1) is 0 Å². The van der Waals surface area contributed by atoms with Crippen LogP contribution >= 0.6 is 0 Å². The van der Waals surface area contributed by atoms with Gasteiger partial charge in [0.1, 0.15) is 11.8 Å². The Morgan fingerprint density at radius 1 is 1.35 bits per heavy atom. The first-order valence-corrected chi connectivity index (χ1v) is 6.58. The van der Waals surface area contributed by atoms with Crippen molar-refractivity contribution in [3.63, 3.8) is 0 Å². The van der Waals surface area contributed by atoms with Crippen LogP contribution in [-0.4, -0.2) is 63.6 Å². The molecule has 0 atom stereocenters. The Labute approximate surface area is 115 Å². The Hall–Kier alpha value is -2.22. The summed E-state index contributed by atoms with van der Waals surface area (Å²) in [5.74, 6) is 0.804. The highest BCUT2D eigenvalue weighted by Crippen LogP contribution is 2.14. The summed E-state index contributed by atoms with van der Waals surface area (Å²) in [6, 6.07) is 0. The molecule has 0 spiro atoms. The lowest BCUT2D eigenvalue weighted by atomic mass is 10.3. The molecule has 106 valence electrons. The van der Waals surface area contributed by atoms with Gasteiger partial charge in [0.05, 0.1) is 19.5 Å². The number of hydrogen-bond donors (Lipinski definition) is 2. The lowest BCUT2D eigenvalue weighted by Crippen LogP contribution is -2.41. The molecule has 8 nitrogen and oxygen atoms in total. The zero-order chi connectivity index (χ0) is 13.8. The third kappa shape index (κ3) is 2.69. The molecule has 3 rings (SSSR count). The number of ether oxygens (including phenoxy) is 1. The lowest BCUT2D eigenvalue weighted by Gasteiger charge is -2.26. The lowest BCUT2D eigenvalue weighted by molar-refractivity contribution is -0.134. The summed E-state index contributed by atoms with van der Waals surface area (Å²) in [7, 11) is 0. The van der Waals surface area contributed by atoms with Crippen molar-refractivity contribution in [3.8, 4) is 0 Å². The fourth-order valence-electron chi connectivity index (χ4n) is 2.16. The van der Waals surface area contributed by atoms with E-state index in [0.717, 1.165) is 5.52 Å². The van der Waals surface area contributed by atoms with Crippen molar-refractivity contribution in [1.82, 2.24) is 24.8 Å². The minimum atomic E-state index is 0.135. The molecular weight excluding hydrogens is 260 g/mol. The van der Waals surface area contributed by atoms with Crippen LogP contribution in [0.4, 0.5) is 5.82 Å². The van der Waals surface area contributed by atoms with Crippen molar-refractivity contribution >= 4 is 22.9 Å². The predicted octanol–water partition coefficient (Wildman–Crippen LogP) is 0.0137. The van der Waals surface area contributed by atoms with Gasteiger partial charge in [0.2, 0.25) is 5.91 Å². The Kier molecular flexibility index (Phi) is 3.73. The van der Waals surface area contributed by atoms with E-state index in [2.05, 4.69) is 25.3 Å². The van der Waals surface area contributed by atoms with Crippen LogP contribution in [0.3, 0.4) is 0 Å². The third-order valence-electron chi connectivity index (χ3n) is 3.22. The van der Waals surface area contributed by atoms with E-state index < -0.39 is 0 Å². The van der Waals surface area contributed by atoms with E-state index in [1.807, 2.05) is 4.90 Å². The number of aromatic amines is 1. The maximum Gasteiger partial charge on any atom is 0.224 e. The average molecular weight is 276 g/mol. The van der Waals surface area contributed by atoms with E-state index in [1.54, 1.807) is 6.33 Å². The summed E-state index contributed by atoms with van der Waals surface area (Å²) >= 11 is 0. The van der Waals surface area contributed by atoms with Crippen LogP contribution in [0, 0.1) is 0 Å². The number of anilines is 1. The molecule has 0 bridgehead atoms. The maximum absolute atomic E-state index is 12.0. The van der Waals surface area contributed by atoms with Gasteiger partial charge in [-0.1, -0.05) is 0 Å². The van der Waals surface area contributed by atoms with Gasteiger partial charge in [-0.05, 0) is 0 Å². The van der Waals surface area contributed by atoms with Crippen molar-refractivity contribution < 1.29 is 9.53 Å². The zero-order valence-electron chi connectivity index (χ0n) is 11.0. The first kappa shape index (κ1) is 12.8. The zero-order valence-corrected chi connectivity index (χ0v) is 11.0. The summed E-state index contributed by atoms with van der Waals surface area (Å²) < 4.78 is 5.23. The number of hydrogen-bond acceptors (Lipinski definition) is 6. The van der Waals surface area contributed by atoms with Gasteiger partial charge >= 0.3 is 0 Å². The highest BCUT2D eigenvalue weighted by molar-refractivity contribution is 5.82. The maximum atomic E-state index is 12.0. The summed E-state index contributed by atoms with van der Waals surface area (Å²) in [5.41, 5.74) is 1.37. The second-order valence-corrected chi connectivity index (χ2v) is 4.49. The number of amides is 1. The predicted molar refractivity (Wildman–Crippen MR) is 72.2 cm³/mol. The molecule has 2 N–H and O–H groups in total. The van der Waals surface area contributed by atoms with Crippen LogP contribution in [0.15, 0.2) is 12.7 Å². The average Bonchev–Trinajstić information content (AvgIpc) is 2.97. The smallest absolute Gasteiger partial charge is 0.224 e. The van der Waals surface area contributed by atoms with Gasteiger partial charge in [-0.25, -0.2) is 15.0 Å². The van der Waals surface area contributed by atoms with Gasteiger partial charge in [0.25, 0.3) is 0 Å². The standard InChI is InChI=1S/C12H16N6O2/c19-9(18-3-5-20-6-4-18)1-2-13-11-10-12(15-7-14-10)17-8-16-11/h7-8H,1-6H2,(H2,13,14,15,16,17). The monoisotopic (exact) mass is 276 g/mol. The minimum Gasteiger partial charge on any atom is -0.378 e. The van der Waals surface area contributed by atoms with Gasteiger partial charge in [-0.3, -0.25) is 4.79 Å². The third-order valence-corrected chi connectivity index (χ3v) is 3.22. The number of H-pyrrole nitrogens is 1. The Morgan fingerprint density at radius 2 is 2.20 bits per heavy atom. The van der Waals surface area contributed by atoms with Crippen LogP contribution < -0.4 is 5.32 Å². The highest BCUT2D eigenvalue weighted by atomic mass is 16.5. The molecule has 2 aromatic heterocycles. The molecule has 1 aliphatic heterocycles. The molecule has 1 aliphatic rings. The van der Waals surface area contributed by atoms with Crippen LogP contribution in [0.1, 0.15) is 6.42 Å². The van der Waals surface area contributed by atoms with E-state index >= 15 is 0 Å². The summed E-state index contributed by atoms with van der Waals surface area (Å²) in [4.78, 5) is 29.0. The van der Waals surface area contributed by atoms with Crippen LogP contribution in [-0.2, 0) is 9.53 Å². The molecule has 0 aliphatic carbocycles. The number of rotatable bonds is 4. The number of aromatic nitrogens is 4. The molecule has 3 heterocycles. The van der Waals surface area contributed by atoms with Gasteiger partial charge in [0.15, 0.2) is 11.5 Å². The second-order valence-electron chi connectivity index (χ2n) is 4.49.